The number of nitrogens with zero attached hydrogens (tertiary/aromatic N) is 2. The van der Waals surface area contributed by atoms with Crippen molar-refractivity contribution in [2.45, 2.75) is 6.92 Å². The highest BCUT2D eigenvalue weighted by Crippen LogP contribution is 2.20. The Morgan fingerprint density at radius 3 is 2.80 bits per heavy atom. The SMILES string of the molecule is Cc1ncccc1NC(=O)c1ccc(F)c([N+](=O)[O-])c1. The Morgan fingerprint density at radius 2 is 2.15 bits per heavy atom. The molecule has 1 aromatic heterocycles. The molecule has 7 heteroatoms. The number of aromatic nitrogens is 1. The van der Waals surface area contributed by atoms with Crippen LogP contribution in [0, 0.1) is 22.9 Å². The minimum atomic E-state index is -0.982. The highest BCUT2D eigenvalue weighted by molar-refractivity contribution is 6.04. The highest BCUT2D eigenvalue weighted by Gasteiger charge is 2.17. The van der Waals surface area contributed by atoms with E-state index in [1.807, 2.05) is 0 Å². The van der Waals surface area contributed by atoms with Crippen molar-refractivity contribution < 1.29 is 14.1 Å². The number of nitro groups is 1. The summed E-state index contributed by atoms with van der Waals surface area (Å²) in [5.41, 5.74) is 0.365. The van der Waals surface area contributed by atoms with E-state index in [-0.39, 0.29) is 5.56 Å². The lowest BCUT2D eigenvalue weighted by Gasteiger charge is -2.07. The number of halogens is 1. The predicted molar refractivity (Wildman–Crippen MR) is 70.0 cm³/mol. The molecule has 0 aliphatic carbocycles. The number of hydrogen-bond acceptors (Lipinski definition) is 4. The quantitative estimate of drug-likeness (QED) is 0.689. The van der Waals surface area contributed by atoms with Crippen LogP contribution in [0.4, 0.5) is 15.8 Å². The van der Waals surface area contributed by atoms with E-state index < -0.39 is 22.3 Å². The maximum atomic E-state index is 13.2. The van der Waals surface area contributed by atoms with Crippen LogP contribution in [-0.4, -0.2) is 15.8 Å². The molecule has 0 unspecified atom stereocenters. The number of nitrogens with one attached hydrogen (secondary N) is 1. The maximum Gasteiger partial charge on any atom is 0.305 e. The van der Waals surface area contributed by atoms with Crippen molar-refractivity contribution in [1.29, 1.82) is 0 Å². The lowest BCUT2D eigenvalue weighted by molar-refractivity contribution is -0.387. The Labute approximate surface area is 113 Å². The summed E-state index contributed by atoms with van der Waals surface area (Å²) in [6.45, 7) is 1.71. The number of hydrogen-bond donors (Lipinski definition) is 1. The summed E-state index contributed by atoms with van der Waals surface area (Å²) in [4.78, 5) is 25.7. The highest BCUT2D eigenvalue weighted by atomic mass is 19.1. The maximum absolute atomic E-state index is 13.2. The second kappa shape index (κ2) is 5.43. The van der Waals surface area contributed by atoms with Crippen LogP contribution < -0.4 is 5.32 Å². The Bertz CT molecular complexity index is 688. The molecule has 1 aromatic carbocycles. The Hall–Kier alpha value is -2.83. The number of carbonyl (C=O) groups excluding carboxylic acids is 1. The zero-order valence-corrected chi connectivity index (χ0v) is 10.5. The molecule has 1 N–H and O–H groups in total. The minimum absolute atomic E-state index is 0.00125. The summed E-state index contributed by atoms with van der Waals surface area (Å²) >= 11 is 0. The van der Waals surface area contributed by atoms with Gasteiger partial charge in [-0.2, -0.15) is 4.39 Å². The summed E-state index contributed by atoms with van der Waals surface area (Å²) in [5.74, 6) is -1.55. The van der Waals surface area contributed by atoms with Gasteiger partial charge in [-0.05, 0) is 31.2 Å². The van der Waals surface area contributed by atoms with Crippen LogP contribution in [0.5, 0.6) is 0 Å². The summed E-state index contributed by atoms with van der Waals surface area (Å²) in [7, 11) is 0. The van der Waals surface area contributed by atoms with Crippen molar-refractivity contribution in [3.8, 4) is 0 Å². The third-order valence-electron chi connectivity index (χ3n) is 2.66. The standard InChI is InChI=1S/C13H10FN3O3/c1-8-11(3-2-6-15-8)16-13(18)9-4-5-10(14)12(7-9)17(19)20/h2-7H,1H3,(H,16,18). The Balaban J connectivity index is 2.28. The van der Waals surface area contributed by atoms with Crippen molar-refractivity contribution >= 4 is 17.3 Å². The van der Waals surface area contributed by atoms with Gasteiger partial charge in [0.25, 0.3) is 5.91 Å². The van der Waals surface area contributed by atoms with E-state index in [2.05, 4.69) is 10.3 Å². The van der Waals surface area contributed by atoms with Gasteiger partial charge in [-0.3, -0.25) is 19.9 Å². The normalized spacial score (nSPS) is 10.1. The molecule has 0 bridgehead atoms. The molecule has 0 aliphatic heterocycles. The monoisotopic (exact) mass is 275 g/mol. The van der Waals surface area contributed by atoms with Crippen molar-refractivity contribution in [3.05, 3.63) is 63.7 Å². The summed E-state index contributed by atoms with van der Waals surface area (Å²) in [6.07, 6.45) is 1.58. The topological polar surface area (TPSA) is 85.1 Å². The number of anilines is 1. The van der Waals surface area contributed by atoms with E-state index in [1.165, 1.54) is 6.07 Å². The van der Waals surface area contributed by atoms with Crippen molar-refractivity contribution in [2.75, 3.05) is 5.32 Å². The smallest absolute Gasteiger partial charge is 0.305 e. The van der Waals surface area contributed by atoms with Gasteiger partial charge >= 0.3 is 5.69 Å². The first-order chi connectivity index (χ1) is 9.49. The number of aryl methyl sites for hydroxylation is 1. The van der Waals surface area contributed by atoms with Gasteiger partial charge in [-0.15, -0.1) is 0 Å². The van der Waals surface area contributed by atoms with Crippen LogP contribution in [0.25, 0.3) is 0 Å². The molecule has 2 aromatic rings. The van der Waals surface area contributed by atoms with Crippen LogP contribution in [-0.2, 0) is 0 Å². The molecule has 0 fully saturated rings. The third kappa shape index (κ3) is 2.77. The van der Waals surface area contributed by atoms with Gasteiger partial charge in [-0.1, -0.05) is 0 Å². The fraction of sp³-hybridized carbons (Fsp3) is 0.0769. The van der Waals surface area contributed by atoms with Gasteiger partial charge in [0.15, 0.2) is 0 Å². The zero-order chi connectivity index (χ0) is 14.7. The summed E-state index contributed by atoms with van der Waals surface area (Å²) in [6, 6.07) is 6.27. The van der Waals surface area contributed by atoms with Gasteiger partial charge in [0.05, 0.1) is 16.3 Å². The Morgan fingerprint density at radius 1 is 1.40 bits per heavy atom. The second-order valence-corrected chi connectivity index (χ2v) is 4.01. The van der Waals surface area contributed by atoms with E-state index in [9.17, 15) is 19.3 Å². The summed E-state index contributed by atoms with van der Waals surface area (Å²) in [5, 5.41) is 13.2. The molecule has 0 saturated heterocycles. The number of nitro benzene ring substituents is 1. The molecule has 2 rings (SSSR count). The molecule has 1 amide bonds. The molecule has 6 nitrogen and oxygen atoms in total. The lowest BCUT2D eigenvalue weighted by atomic mass is 10.1. The van der Waals surface area contributed by atoms with E-state index in [0.717, 1.165) is 12.1 Å². The lowest BCUT2D eigenvalue weighted by Crippen LogP contribution is -2.13. The van der Waals surface area contributed by atoms with Gasteiger partial charge in [-0.25, -0.2) is 0 Å². The summed E-state index contributed by atoms with van der Waals surface area (Å²) < 4.78 is 13.2. The number of rotatable bonds is 3. The molecule has 0 radical (unpaired) electrons. The minimum Gasteiger partial charge on any atom is -0.320 e. The Kier molecular flexibility index (Phi) is 3.69. The number of pyridine rings is 1. The largest absolute Gasteiger partial charge is 0.320 e. The number of carbonyl (C=O) groups is 1. The van der Waals surface area contributed by atoms with E-state index >= 15 is 0 Å². The van der Waals surface area contributed by atoms with Crippen molar-refractivity contribution in [3.63, 3.8) is 0 Å². The second-order valence-electron chi connectivity index (χ2n) is 4.01. The van der Waals surface area contributed by atoms with Crippen molar-refractivity contribution in [1.82, 2.24) is 4.98 Å². The van der Waals surface area contributed by atoms with Crippen LogP contribution in [0.1, 0.15) is 16.1 Å². The van der Waals surface area contributed by atoms with Gasteiger partial charge < -0.3 is 5.32 Å². The molecular formula is C13H10FN3O3. The predicted octanol–water partition coefficient (Wildman–Crippen LogP) is 2.69. The van der Waals surface area contributed by atoms with Gasteiger partial charge in [0.1, 0.15) is 0 Å². The molecule has 0 atom stereocenters. The van der Waals surface area contributed by atoms with Crippen LogP contribution >= 0.6 is 0 Å². The van der Waals surface area contributed by atoms with Gasteiger partial charge in [0.2, 0.25) is 5.82 Å². The molecule has 102 valence electrons. The van der Waals surface area contributed by atoms with E-state index in [1.54, 1.807) is 25.3 Å². The fourth-order valence-corrected chi connectivity index (χ4v) is 1.60. The molecule has 20 heavy (non-hydrogen) atoms. The first-order valence-electron chi connectivity index (χ1n) is 5.66. The molecular weight excluding hydrogens is 265 g/mol. The molecule has 0 saturated carbocycles. The number of amides is 1. The molecule has 0 spiro atoms. The molecule has 0 aliphatic rings. The molecule has 1 heterocycles. The first kappa shape index (κ1) is 13.6. The van der Waals surface area contributed by atoms with Crippen LogP contribution in [0.15, 0.2) is 36.5 Å². The third-order valence-corrected chi connectivity index (χ3v) is 2.66. The first-order valence-corrected chi connectivity index (χ1v) is 5.66. The van der Waals surface area contributed by atoms with Gasteiger partial charge in [0, 0.05) is 17.8 Å². The fourth-order valence-electron chi connectivity index (χ4n) is 1.60. The zero-order valence-electron chi connectivity index (χ0n) is 10.5. The average Bonchev–Trinajstić information content (AvgIpc) is 2.41. The van der Waals surface area contributed by atoms with E-state index in [4.69, 9.17) is 0 Å². The van der Waals surface area contributed by atoms with Crippen LogP contribution in [0.2, 0.25) is 0 Å². The number of benzene rings is 1. The average molecular weight is 275 g/mol. The van der Waals surface area contributed by atoms with Crippen molar-refractivity contribution in [2.24, 2.45) is 0 Å². The van der Waals surface area contributed by atoms with E-state index in [0.29, 0.717) is 11.4 Å². The van der Waals surface area contributed by atoms with Crippen LogP contribution in [0.3, 0.4) is 0 Å².